The van der Waals surface area contributed by atoms with Gasteiger partial charge in [0.05, 0.1) is 0 Å². The van der Waals surface area contributed by atoms with Crippen LogP contribution in [-0.4, -0.2) is 6.17 Å². The first-order valence-corrected chi connectivity index (χ1v) is 8.86. The molecule has 4 aliphatic rings. The Labute approximate surface area is 123 Å². The first-order valence-electron chi connectivity index (χ1n) is 8.86. The quantitative estimate of drug-likeness (QED) is 0.499. The average Bonchev–Trinajstić information content (AvgIpc) is 2.81. The van der Waals surface area contributed by atoms with Crippen molar-refractivity contribution in [3.63, 3.8) is 0 Å². The Morgan fingerprint density at radius 2 is 1.90 bits per heavy atom. The van der Waals surface area contributed by atoms with Crippen molar-refractivity contribution in [2.24, 2.45) is 28.6 Å². The van der Waals surface area contributed by atoms with Gasteiger partial charge in [-0.05, 0) is 73.5 Å². The van der Waals surface area contributed by atoms with Gasteiger partial charge in [0.25, 0.3) is 0 Å². The minimum atomic E-state index is -0.564. The third kappa shape index (κ3) is 1.70. The smallest absolute Gasteiger partial charge is 0.104 e. The van der Waals surface area contributed by atoms with Gasteiger partial charge in [0.15, 0.2) is 0 Å². The average molecular weight is 276 g/mol. The van der Waals surface area contributed by atoms with Crippen LogP contribution in [0.5, 0.6) is 0 Å². The second-order valence-electron chi connectivity index (χ2n) is 8.68. The molecule has 0 amide bonds. The van der Waals surface area contributed by atoms with Gasteiger partial charge in [0.2, 0.25) is 0 Å². The Hall–Kier alpha value is -0.330. The summed E-state index contributed by atoms with van der Waals surface area (Å²) in [7, 11) is 0. The number of halogens is 1. The summed E-state index contributed by atoms with van der Waals surface area (Å²) in [4.78, 5) is 0. The van der Waals surface area contributed by atoms with Crippen molar-refractivity contribution in [3.05, 3.63) is 11.6 Å². The van der Waals surface area contributed by atoms with E-state index in [0.717, 1.165) is 37.0 Å². The second kappa shape index (κ2) is 4.34. The molecule has 0 aromatic heterocycles. The molecular weight excluding hydrogens is 247 g/mol. The predicted octanol–water partition coefficient (Wildman–Crippen LogP) is 5.68. The van der Waals surface area contributed by atoms with Crippen molar-refractivity contribution < 1.29 is 4.39 Å². The molecule has 0 saturated heterocycles. The topological polar surface area (TPSA) is 0 Å². The Bertz CT molecular complexity index is 439. The fraction of sp³-hybridized carbons (Fsp3) is 0.895. The third-order valence-electron chi connectivity index (χ3n) is 7.82. The van der Waals surface area contributed by atoms with Gasteiger partial charge < -0.3 is 0 Å². The molecule has 6 atom stereocenters. The molecule has 20 heavy (non-hydrogen) atoms. The first kappa shape index (κ1) is 13.3. The zero-order chi connectivity index (χ0) is 14.0. The molecule has 4 aliphatic carbocycles. The number of hydrogen-bond donors (Lipinski definition) is 0. The van der Waals surface area contributed by atoms with E-state index in [1.165, 1.54) is 44.1 Å². The van der Waals surface area contributed by atoms with E-state index in [-0.39, 0.29) is 0 Å². The maximum absolute atomic E-state index is 13.8. The van der Waals surface area contributed by atoms with Gasteiger partial charge in [-0.2, -0.15) is 0 Å². The van der Waals surface area contributed by atoms with Crippen LogP contribution in [0.2, 0.25) is 0 Å². The zero-order valence-corrected chi connectivity index (χ0v) is 13.1. The predicted molar refractivity (Wildman–Crippen MR) is 81.2 cm³/mol. The summed E-state index contributed by atoms with van der Waals surface area (Å²) in [6.07, 6.45) is 13.0. The summed E-state index contributed by atoms with van der Waals surface area (Å²) in [5.74, 6) is 2.71. The van der Waals surface area contributed by atoms with Crippen LogP contribution in [0.4, 0.5) is 4.39 Å². The van der Waals surface area contributed by atoms with Gasteiger partial charge in [-0.15, -0.1) is 0 Å². The molecule has 3 fully saturated rings. The minimum Gasteiger partial charge on any atom is -0.247 e. The number of allylic oxidation sites excluding steroid dienone is 2. The standard InChI is InChI=1S/C19H29F/c1-18-9-3-4-16(18)15-6-5-13-12-14(20)7-11-19(13,2)17(15)8-10-18/h5,14-17H,3-4,6-12H2,1-2H3/t14-,15+,16+,17+,18-,19-/m0/s1. The van der Waals surface area contributed by atoms with Crippen LogP contribution < -0.4 is 0 Å². The molecule has 0 aromatic rings. The van der Waals surface area contributed by atoms with E-state index in [2.05, 4.69) is 19.9 Å². The van der Waals surface area contributed by atoms with Crippen LogP contribution in [0.25, 0.3) is 0 Å². The summed E-state index contributed by atoms with van der Waals surface area (Å²) < 4.78 is 13.8. The number of hydrogen-bond acceptors (Lipinski definition) is 0. The van der Waals surface area contributed by atoms with Gasteiger partial charge in [0, 0.05) is 6.42 Å². The molecule has 0 radical (unpaired) electrons. The number of alkyl halides is 1. The van der Waals surface area contributed by atoms with Gasteiger partial charge in [0.1, 0.15) is 6.17 Å². The highest BCUT2D eigenvalue weighted by Gasteiger charge is 2.55. The normalized spacial score (nSPS) is 54.6. The molecule has 112 valence electrons. The van der Waals surface area contributed by atoms with E-state index in [4.69, 9.17) is 0 Å². The molecule has 0 unspecified atom stereocenters. The Kier molecular flexibility index (Phi) is 2.89. The molecule has 0 heterocycles. The second-order valence-corrected chi connectivity index (χ2v) is 8.68. The molecule has 4 rings (SSSR count). The Morgan fingerprint density at radius 3 is 2.75 bits per heavy atom. The van der Waals surface area contributed by atoms with Crippen LogP contribution in [0.15, 0.2) is 11.6 Å². The van der Waals surface area contributed by atoms with Crippen molar-refractivity contribution in [2.75, 3.05) is 0 Å². The number of fused-ring (bicyclic) bond motifs is 5. The van der Waals surface area contributed by atoms with E-state index in [9.17, 15) is 4.39 Å². The summed E-state index contributed by atoms with van der Waals surface area (Å²) in [6, 6.07) is 0. The molecule has 0 aliphatic heterocycles. The largest absolute Gasteiger partial charge is 0.247 e. The van der Waals surface area contributed by atoms with Crippen LogP contribution in [0.1, 0.15) is 71.6 Å². The van der Waals surface area contributed by atoms with Crippen LogP contribution in [-0.2, 0) is 0 Å². The molecule has 0 bridgehead atoms. The van der Waals surface area contributed by atoms with E-state index in [0.29, 0.717) is 10.8 Å². The highest BCUT2D eigenvalue weighted by molar-refractivity contribution is 5.25. The molecule has 0 N–H and O–H groups in total. The van der Waals surface area contributed by atoms with Crippen molar-refractivity contribution in [3.8, 4) is 0 Å². The van der Waals surface area contributed by atoms with Crippen molar-refractivity contribution >= 4 is 0 Å². The summed E-state index contributed by atoms with van der Waals surface area (Å²) in [5, 5.41) is 0. The molecule has 0 spiro atoms. The Morgan fingerprint density at radius 1 is 1.05 bits per heavy atom. The lowest BCUT2D eigenvalue weighted by Gasteiger charge is -2.57. The van der Waals surface area contributed by atoms with Gasteiger partial charge in [-0.1, -0.05) is 31.9 Å². The fourth-order valence-electron chi connectivity index (χ4n) is 6.61. The maximum Gasteiger partial charge on any atom is 0.104 e. The molecule has 0 nitrogen and oxygen atoms in total. The third-order valence-corrected chi connectivity index (χ3v) is 7.82. The number of rotatable bonds is 0. The monoisotopic (exact) mass is 276 g/mol. The fourth-order valence-corrected chi connectivity index (χ4v) is 6.61. The van der Waals surface area contributed by atoms with Crippen LogP contribution in [0, 0.1) is 28.6 Å². The van der Waals surface area contributed by atoms with Crippen LogP contribution >= 0.6 is 0 Å². The van der Waals surface area contributed by atoms with Gasteiger partial charge in [-0.25, -0.2) is 4.39 Å². The van der Waals surface area contributed by atoms with E-state index in [1.807, 2.05) is 0 Å². The SMILES string of the molecule is C[C@@]12CCC[C@@H]1[C@H]1CC=C3C[C@@H](F)CC[C@]3(C)[C@@H]1CC2. The first-order chi connectivity index (χ1) is 9.53. The van der Waals surface area contributed by atoms with Crippen molar-refractivity contribution in [2.45, 2.75) is 77.8 Å². The molecule has 3 saturated carbocycles. The molecule has 1 heteroatoms. The van der Waals surface area contributed by atoms with E-state index >= 15 is 0 Å². The molecule has 0 aromatic carbocycles. The highest BCUT2D eigenvalue weighted by Crippen LogP contribution is 2.64. The van der Waals surface area contributed by atoms with Crippen molar-refractivity contribution in [1.82, 2.24) is 0 Å². The lowest BCUT2D eigenvalue weighted by Crippen LogP contribution is -2.49. The maximum atomic E-state index is 13.8. The van der Waals surface area contributed by atoms with Gasteiger partial charge in [-0.3, -0.25) is 0 Å². The van der Waals surface area contributed by atoms with E-state index < -0.39 is 6.17 Å². The van der Waals surface area contributed by atoms with Gasteiger partial charge >= 0.3 is 0 Å². The highest BCUT2D eigenvalue weighted by atomic mass is 19.1. The zero-order valence-electron chi connectivity index (χ0n) is 13.1. The Balaban J connectivity index is 1.68. The van der Waals surface area contributed by atoms with Crippen molar-refractivity contribution in [1.29, 1.82) is 0 Å². The summed E-state index contributed by atoms with van der Waals surface area (Å²) in [5.41, 5.74) is 2.47. The van der Waals surface area contributed by atoms with Crippen LogP contribution in [0.3, 0.4) is 0 Å². The van der Waals surface area contributed by atoms with E-state index in [1.54, 1.807) is 0 Å². The molecular formula is C19H29F. The summed E-state index contributed by atoms with van der Waals surface area (Å²) in [6.45, 7) is 5.03. The minimum absolute atomic E-state index is 0.343. The lowest BCUT2D eigenvalue weighted by molar-refractivity contribution is -0.0303. The lowest BCUT2D eigenvalue weighted by atomic mass is 9.48. The summed E-state index contributed by atoms with van der Waals surface area (Å²) >= 11 is 0.